The van der Waals surface area contributed by atoms with E-state index in [1.165, 1.54) is 6.42 Å². The van der Waals surface area contributed by atoms with Gasteiger partial charge < -0.3 is 4.74 Å². The molecule has 2 aromatic rings. The molecule has 2 rings (SSSR count). The number of carbonyl (C=O) groups excluding carboxylic acids is 1. The lowest BCUT2D eigenvalue weighted by atomic mass is 10.1. The van der Waals surface area contributed by atoms with Gasteiger partial charge in [0.2, 0.25) is 0 Å². The van der Waals surface area contributed by atoms with Crippen LogP contribution in [0.2, 0.25) is 0 Å². The number of rotatable bonds is 8. The van der Waals surface area contributed by atoms with Crippen molar-refractivity contribution in [2.45, 2.75) is 52.9 Å². The predicted molar refractivity (Wildman–Crippen MR) is 95.8 cm³/mol. The fourth-order valence-corrected chi connectivity index (χ4v) is 2.45. The van der Waals surface area contributed by atoms with Crippen molar-refractivity contribution in [3.8, 4) is 17.1 Å². The van der Waals surface area contributed by atoms with E-state index in [1.54, 1.807) is 12.1 Å². The Morgan fingerprint density at radius 2 is 1.75 bits per heavy atom. The average Bonchev–Trinajstić information content (AvgIpc) is 2.61. The van der Waals surface area contributed by atoms with Crippen LogP contribution >= 0.6 is 0 Å². The summed E-state index contributed by atoms with van der Waals surface area (Å²) < 4.78 is 5.40. The molecular weight excluding hydrogens is 300 g/mol. The minimum Gasteiger partial charge on any atom is -0.426 e. The molecule has 0 spiro atoms. The van der Waals surface area contributed by atoms with Gasteiger partial charge in [0.1, 0.15) is 5.75 Å². The van der Waals surface area contributed by atoms with Gasteiger partial charge in [0.25, 0.3) is 0 Å². The van der Waals surface area contributed by atoms with E-state index in [0.29, 0.717) is 11.6 Å². The highest BCUT2D eigenvalue weighted by atomic mass is 16.5. The quantitative estimate of drug-likeness (QED) is 0.515. The zero-order valence-corrected chi connectivity index (χ0v) is 14.8. The molecule has 128 valence electrons. The Kier molecular flexibility index (Phi) is 6.91. The first-order chi connectivity index (χ1) is 11.6. The van der Waals surface area contributed by atoms with E-state index < -0.39 is 0 Å². The molecule has 0 amide bonds. The third-order valence-electron chi connectivity index (χ3n) is 3.98. The molecule has 0 aliphatic carbocycles. The molecule has 24 heavy (non-hydrogen) atoms. The van der Waals surface area contributed by atoms with Gasteiger partial charge in [0.05, 0.1) is 5.92 Å². The van der Waals surface area contributed by atoms with Crippen LogP contribution in [0.25, 0.3) is 11.4 Å². The Balaban J connectivity index is 1.99. The predicted octanol–water partition coefficient (Wildman–Crippen LogP) is 4.83. The van der Waals surface area contributed by atoms with Gasteiger partial charge in [-0.15, -0.1) is 0 Å². The van der Waals surface area contributed by atoms with Gasteiger partial charge in [-0.2, -0.15) is 0 Å². The van der Waals surface area contributed by atoms with Crippen molar-refractivity contribution >= 4 is 5.97 Å². The largest absolute Gasteiger partial charge is 0.426 e. The number of ether oxygens (including phenoxy) is 1. The summed E-state index contributed by atoms with van der Waals surface area (Å²) in [6.07, 6.45) is 8.92. The lowest BCUT2D eigenvalue weighted by molar-refractivity contribution is -0.138. The molecule has 0 fully saturated rings. The standard InChI is InChI=1S/C20H26N2O2/c1-4-6-8-16-13-21-19(22-14-16)17-9-11-18(12-10-17)24-20(23)15(3)7-5-2/h9-15H,4-8H2,1-3H3. The monoisotopic (exact) mass is 326 g/mol. The van der Waals surface area contributed by atoms with Gasteiger partial charge in [-0.1, -0.05) is 33.6 Å². The summed E-state index contributed by atoms with van der Waals surface area (Å²) in [6, 6.07) is 7.35. The maximum atomic E-state index is 11.9. The molecule has 1 heterocycles. The Bertz CT molecular complexity index is 636. The second-order valence-electron chi connectivity index (χ2n) is 6.15. The molecule has 4 nitrogen and oxygen atoms in total. The summed E-state index contributed by atoms with van der Waals surface area (Å²) in [5.74, 6) is 0.994. The zero-order chi connectivity index (χ0) is 17.4. The number of aromatic nitrogens is 2. The molecule has 4 heteroatoms. The molecule has 0 bridgehead atoms. The van der Waals surface area contributed by atoms with Crippen LogP contribution in [0.4, 0.5) is 0 Å². The van der Waals surface area contributed by atoms with Crippen LogP contribution in [0.5, 0.6) is 5.75 Å². The van der Waals surface area contributed by atoms with E-state index in [2.05, 4.69) is 23.8 Å². The van der Waals surface area contributed by atoms with Crippen molar-refractivity contribution in [3.63, 3.8) is 0 Å². The maximum absolute atomic E-state index is 11.9. The first kappa shape index (κ1) is 18.1. The smallest absolute Gasteiger partial charge is 0.314 e. The molecule has 1 unspecified atom stereocenters. The number of carbonyl (C=O) groups is 1. The van der Waals surface area contributed by atoms with E-state index in [0.717, 1.165) is 36.8 Å². The summed E-state index contributed by atoms with van der Waals surface area (Å²) in [4.78, 5) is 20.8. The van der Waals surface area contributed by atoms with Crippen LogP contribution in [0.15, 0.2) is 36.7 Å². The van der Waals surface area contributed by atoms with Gasteiger partial charge >= 0.3 is 5.97 Å². The van der Waals surface area contributed by atoms with E-state index in [-0.39, 0.29) is 11.9 Å². The third-order valence-corrected chi connectivity index (χ3v) is 3.98. The molecule has 0 N–H and O–H groups in total. The van der Waals surface area contributed by atoms with E-state index >= 15 is 0 Å². The minimum absolute atomic E-state index is 0.0753. The van der Waals surface area contributed by atoms with Crippen LogP contribution in [-0.4, -0.2) is 15.9 Å². The van der Waals surface area contributed by atoms with E-state index in [4.69, 9.17) is 4.74 Å². The number of unbranched alkanes of at least 4 members (excludes halogenated alkanes) is 1. The third kappa shape index (κ3) is 5.15. The van der Waals surface area contributed by atoms with Crippen LogP contribution in [0.1, 0.15) is 52.0 Å². The van der Waals surface area contributed by atoms with Crippen LogP contribution in [-0.2, 0) is 11.2 Å². The molecular formula is C20H26N2O2. The van der Waals surface area contributed by atoms with Crippen molar-refractivity contribution in [1.29, 1.82) is 0 Å². The average molecular weight is 326 g/mol. The maximum Gasteiger partial charge on any atom is 0.314 e. The van der Waals surface area contributed by atoms with Crippen LogP contribution in [0, 0.1) is 5.92 Å². The van der Waals surface area contributed by atoms with Crippen molar-refractivity contribution in [1.82, 2.24) is 9.97 Å². The first-order valence-electron chi connectivity index (χ1n) is 8.77. The first-order valence-corrected chi connectivity index (χ1v) is 8.77. The van der Waals surface area contributed by atoms with Crippen molar-refractivity contribution in [2.24, 2.45) is 5.92 Å². The van der Waals surface area contributed by atoms with Crippen LogP contribution < -0.4 is 4.74 Å². The highest BCUT2D eigenvalue weighted by molar-refractivity contribution is 5.75. The van der Waals surface area contributed by atoms with Gasteiger partial charge in [-0.3, -0.25) is 4.79 Å². The molecule has 0 aliphatic rings. The summed E-state index contributed by atoms with van der Waals surface area (Å²) in [6.45, 7) is 6.13. The fraction of sp³-hybridized carbons (Fsp3) is 0.450. The van der Waals surface area contributed by atoms with Gasteiger partial charge in [-0.25, -0.2) is 9.97 Å². The van der Waals surface area contributed by atoms with E-state index in [9.17, 15) is 4.79 Å². The number of hydrogen-bond donors (Lipinski definition) is 0. The van der Waals surface area contributed by atoms with E-state index in [1.807, 2.05) is 31.5 Å². The lowest BCUT2D eigenvalue weighted by Gasteiger charge is -2.10. The number of benzene rings is 1. The second kappa shape index (κ2) is 9.16. The highest BCUT2D eigenvalue weighted by Gasteiger charge is 2.14. The van der Waals surface area contributed by atoms with Crippen LogP contribution in [0.3, 0.4) is 0 Å². The normalized spacial score (nSPS) is 12.0. The number of esters is 1. The molecule has 1 atom stereocenters. The summed E-state index contributed by atoms with van der Waals surface area (Å²) in [5.41, 5.74) is 2.08. The number of hydrogen-bond acceptors (Lipinski definition) is 4. The number of aryl methyl sites for hydroxylation is 1. The molecule has 0 aliphatic heterocycles. The van der Waals surface area contributed by atoms with Gasteiger partial charge in [0, 0.05) is 18.0 Å². The second-order valence-corrected chi connectivity index (χ2v) is 6.15. The summed E-state index contributed by atoms with van der Waals surface area (Å²) >= 11 is 0. The summed E-state index contributed by atoms with van der Waals surface area (Å²) in [7, 11) is 0. The Morgan fingerprint density at radius 1 is 1.08 bits per heavy atom. The number of nitrogens with zero attached hydrogens (tertiary/aromatic N) is 2. The van der Waals surface area contributed by atoms with Gasteiger partial charge in [-0.05, 0) is 49.1 Å². The topological polar surface area (TPSA) is 52.1 Å². The lowest BCUT2D eigenvalue weighted by Crippen LogP contribution is -2.17. The molecule has 0 saturated heterocycles. The van der Waals surface area contributed by atoms with Gasteiger partial charge in [0.15, 0.2) is 5.82 Å². The molecule has 1 aromatic heterocycles. The molecule has 0 saturated carbocycles. The van der Waals surface area contributed by atoms with Crippen molar-refractivity contribution < 1.29 is 9.53 Å². The fourth-order valence-electron chi connectivity index (χ4n) is 2.45. The van der Waals surface area contributed by atoms with Crippen molar-refractivity contribution in [2.75, 3.05) is 0 Å². The summed E-state index contributed by atoms with van der Waals surface area (Å²) in [5, 5.41) is 0. The highest BCUT2D eigenvalue weighted by Crippen LogP contribution is 2.20. The van der Waals surface area contributed by atoms with Crippen molar-refractivity contribution in [3.05, 3.63) is 42.2 Å². The Morgan fingerprint density at radius 3 is 2.33 bits per heavy atom. The molecule has 0 radical (unpaired) electrons. The molecule has 1 aromatic carbocycles. The SMILES string of the molecule is CCCCc1cnc(-c2ccc(OC(=O)C(C)CCC)cc2)nc1. The minimum atomic E-state index is -0.180. The Labute approximate surface area is 144 Å². The Hall–Kier alpha value is -2.23. The zero-order valence-electron chi connectivity index (χ0n) is 14.8.